The van der Waals surface area contributed by atoms with Crippen molar-refractivity contribution in [3.05, 3.63) is 34.3 Å². The van der Waals surface area contributed by atoms with Gasteiger partial charge in [0.05, 0.1) is 10.6 Å². The van der Waals surface area contributed by atoms with Crippen LogP contribution in [0.5, 0.6) is 0 Å². The Morgan fingerprint density at radius 1 is 1.41 bits per heavy atom. The second-order valence-electron chi connectivity index (χ2n) is 6.19. The second-order valence-corrected chi connectivity index (χ2v) is 6.59. The van der Waals surface area contributed by atoms with Crippen LogP contribution in [0.15, 0.2) is 18.2 Å². The number of carbonyl (C=O) groups is 1. The number of nitrogens with zero attached hydrogens (tertiary/aromatic N) is 1. The molecule has 4 heteroatoms. The Balaban J connectivity index is 1.75. The Morgan fingerprint density at radius 2 is 2.23 bits per heavy atom. The molecule has 122 valence electrons. The Hall–Kier alpha value is -1.06. The highest BCUT2D eigenvalue weighted by Gasteiger charge is 2.19. The Bertz CT molecular complexity index is 504. The molecule has 0 aliphatic carbocycles. The number of halogens is 1. The summed E-state index contributed by atoms with van der Waals surface area (Å²) in [7, 11) is 0. The van der Waals surface area contributed by atoms with E-state index in [2.05, 4.69) is 17.1 Å². The molecule has 1 atom stereocenters. The van der Waals surface area contributed by atoms with Crippen LogP contribution in [0.2, 0.25) is 5.02 Å². The van der Waals surface area contributed by atoms with Gasteiger partial charge in [-0.3, -0.25) is 4.79 Å². The molecule has 1 aromatic carbocycles. The maximum absolute atomic E-state index is 12.1. The van der Waals surface area contributed by atoms with E-state index in [1.165, 1.54) is 32.2 Å². The van der Waals surface area contributed by atoms with Gasteiger partial charge in [0.25, 0.3) is 5.91 Å². The van der Waals surface area contributed by atoms with Gasteiger partial charge < -0.3 is 10.2 Å². The van der Waals surface area contributed by atoms with Gasteiger partial charge >= 0.3 is 0 Å². The lowest BCUT2D eigenvalue weighted by molar-refractivity contribution is 0.0947. The van der Waals surface area contributed by atoms with Gasteiger partial charge in [-0.15, -0.1) is 0 Å². The topological polar surface area (TPSA) is 32.3 Å². The van der Waals surface area contributed by atoms with E-state index in [4.69, 9.17) is 11.6 Å². The van der Waals surface area contributed by atoms with E-state index in [1.54, 1.807) is 6.07 Å². The number of amides is 1. The van der Waals surface area contributed by atoms with Gasteiger partial charge in [0.15, 0.2) is 0 Å². The molecule has 0 saturated carbocycles. The highest BCUT2D eigenvalue weighted by Crippen LogP contribution is 2.19. The fourth-order valence-electron chi connectivity index (χ4n) is 3.20. The van der Waals surface area contributed by atoms with Crippen molar-refractivity contribution < 1.29 is 4.79 Å². The van der Waals surface area contributed by atoms with E-state index in [0.29, 0.717) is 17.1 Å². The normalized spacial score (nSPS) is 19.1. The number of nitrogens with one attached hydrogen (secondary N) is 1. The van der Waals surface area contributed by atoms with E-state index in [9.17, 15) is 4.79 Å². The van der Waals surface area contributed by atoms with Crippen molar-refractivity contribution in [2.45, 2.75) is 52.0 Å². The molecule has 3 nitrogen and oxygen atoms in total. The quantitative estimate of drug-likeness (QED) is 0.802. The van der Waals surface area contributed by atoms with Gasteiger partial charge in [0, 0.05) is 19.1 Å². The average Bonchev–Trinajstić information content (AvgIpc) is 2.51. The van der Waals surface area contributed by atoms with Crippen molar-refractivity contribution in [3.8, 4) is 0 Å². The molecular formula is C18H27ClN2O. The highest BCUT2D eigenvalue weighted by atomic mass is 35.5. The van der Waals surface area contributed by atoms with E-state index < -0.39 is 0 Å². The van der Waals surface area contributed by atoms with Gasteiger partial charge in [-0.1, -0.05) is 31.0 Å². The maximum atomic E-state index is 12.1. The number of carbonyl (C=O) groups excluding carboxylic acids is 1. The zero-order valence-electron chi connectivity index (χ0n) is 13.7. The molecular weight excluding hydrogens is 296 g/mol. The molecule has 0 spiro atoms. The van der Waals surface area contributed by atoms with Crippen LogP contribution in [0.4, 0.5) is 0 Å². The van der Waals surface area contributed by atoms with Crippen molar-refractivity contribution in [2.24, 2.45) is 0 Å². The summed E-state index contributed by atoms with van der Waals surface area (Å²) in [6.45, 7) is 7.22. The van der Waals surface area contributed by atoms with Crippen molar-refractivity contribution in [1.82, 2.24) is 10.2 Å². The third-order valence-electron chi connectivity index (χ3n) is 4.50. The third-order valence-corrected chi connectivity index (χ3v) is 4.81. The van der Waals surface area contributed by atoms with Crippen LogP contribution in [-0.2, 0) is 0 Å². The molecule has 1 heterocycles. The van der Waals surface area contributed by atoms with E-state index in [1.807, 2.05) is 19.1 Å². The minimum absolute atomic E-state index is 0.0734. The van der Waals surface area contributed by atoms with Crippen LogP contribution in [0.3, 0.4) is 0 Å². The number of piperidine rings is 1. The molecule has 0 unspecified atom stereocenters. The van der Waals surface area contributed by atoms with Crippen LogP contribution >= 0.6 is 11.6 Å². The Labute approximate surface area is 139 Å². The minimum Gasteiger partial charge on any atom is -0.352 e. The third kappa shape index (κ3) is 4.72. The zero-order chi connectivity index (χ0) is 15.9. The highest BCUT2D eigenvalue weighted by molar-refractivity contribution is 6.33. The summed E-state index contributed by atoms with van der Waals surface area (Å²) in [6, 6.07) is 6.28. The summed E-state index contributed by atoms with van der Waals surface area (Å²) in [5.41, 5.74) is 1.63. The summed E-state index contributed by atoms with van der Waals surface area (Å²) in [4.78, 5) is 14.7. The first-order valence-corrected chi connectivity index (χ1v) is 8.78. The van der Waals surface area contributed by atoms with Crippen LogP contribution < -0.4 is 5.32 Å². The first kappa shape index (κ1) is 17.3. The van der Waals surface area contributed by atoms with E-state index >= 15 is 0 Å². The number of aryl methyl sites for hydroxylation is 1. The lowest BCUT2D eigenvalue weighted by Gasteiger charge is -2.35. The smallest absolute Gasteiger partial charge is 0.252 e. The van der Waals surface area contributed by atoms with E-state index in [0.717, 1.165) is 24.6 Å². The van der Waals surface area contributed by atoms with Crippen LogP contribution in [0.25, 0.3) is 0 Å². The molecule has 0 radical (unpaired) electrons. The number of rotatable bonds is 6. The van der Waals surface area contributed by atoms with Crippen molar-refractivity contribution >= 4 is 17.5 Å². The van der Waals surface area contributed by atoms with Crippen LogP contribution in [0, 0.1) is 6.92 Å². The zero-order valence-corrected chi connectivity index (χ0v) is 14.5. The molecule has 1 aliphatic heterocycles. The number of benzene rings is 1. The van der Waals surface area contributed by atoms with Gasteiger partial charge in [-0.05, 0) is 56.8 Å². The second kappa shape index (κ2) is 8.54. The molecule has 1 fully saturated rings. The molecule has 0 bridgehead atoms. The number of likely N-dealkylation sites (tertiary alicyclic amines) is 1. The number of hydrogen-bond donors (Lipinski definition) is 1. The molecule has 1 N–H and O–H groups in total. The maximum Gasteiger partial charge on any atom is 0.252 e. The standard InChI is InChI=1S/C18H27ClN2O/c1-3-15-7-4-5-11-21(15)12-6-10-20-18(22)16-9-8-14(2)13-17(16)19/h8-9,13,15H,3-7,10-12H2,1-2H3,(H,20,22)/t15-/m1/s1. The fourth-order valence-corrected chi connectivity index (χ4v) is 3.52. The molecule has 22 heavy (non-hydrogen) atoms. The fraction of sp³-hybridized carbons (Fsp3) is 0.611. The lowest BCUT2D eigenvalue weighted by Crippen LogP contribution is -2.40. The molecule has 2 rings (SSSR count). The largest absolute Gasteiger partial charge is 0.352 e. The van der Waals surface area contributed by atoms with Crippen molar-refractivity contribution in [3.63, 3.8) is 0 Å². The molecule has 1 aromatic rings. The van der Waals surface area contributed by atoms with Gasteiger partial charge in [0.1, 0.15) is 0 Å². The Morgan fingerprint density at radius 3 is 2.95 bits per heavy atom. The van der Waals surface area contributed by atoms with Gasteiger partial charge in [-0.2, -0.15) is 0 Å². The first-order valence-electron chi connectivity index (χ1n) is 8.40. The molecule has 1 amide bonds. The molecule has 1 aliphatic rings. The lowest BCUT2D eigenvalue weighted by atomic mass is 10.00. The van der Waals surface area contributed by atoms with E-state index in [-0.39, 0.29) is 5.91 Å². The van der Waals surface area contributed by atoms with Crippen LogP contribution in [0.1, 0.15) is 54.9 Å². The summed E-state index contributed by atoms with van der Waals surface area (Å²) in [5, 5.41) is 3.51. The molecule has 0 aromatic heterocycles. The molecule has 1 saturated heterocycles. The number of hydrogen-bond acceptors (Lipinski definition) is 2. The van der Waals surface area contributed by atoms with Crippen LogP contribution in [-0.4, -0.2) is 36.5 Å². The minimum atomic E-state index is -0.0734. The monoisotopic (exact) mass is 322 g/mol. The average molecular weight is 323 g/mol. The van der Waals surface area contributed by atoms with Gasteiger partial charge in [0.2, 0.25) is 0 Å². The summed E-state index contributed by atoms with van der Waals surface area (Å²) in [5.74, 6) is -0.0734. The first-order chi connectivity index (χ1) is 10.6. The SMILES string of the molecule is CC[C@@H]1CCCCN1CCCNC(=O)c1ccc(C)cc1Cl. The summed E-state index contributed by atoms with van der Waals surface area (Å²) in [6.07, 6.45) is 6.21. The van der Waals surface area contributed by atoms with Crippen molar-refractivity contribution in [2.75, 3.05) is 19.6 Å². The predicted molar refractivity (Wildman–Crippen MR) is 92.6 cm³/mol. The van der Waals surface area contributed by atoms with Gasteiger partial charge in [-0.25, -0.2) is 0 Å². The van der Waals surface area contributed by atoms with Crippen molar-refractivity contribution in [1.29, 1.82) is 0 Å². The Kier molecular flexibility index (Phi) is 6.71. The predicted octanol–water partition coefficient (Wildman–Crippen LogP) is 4.03. The summed E-state index contributed by atoms with van der Waals surface area (Å²) >= 11 is 6.13. The summed E-state index contributed by atoms with van der Waals surface area (Å²) < 4.78 is 0.